The summed E-state index contributed by atoms with van der Waals surface area (Å²) in [6.45, 7) is 4.31. The molecule has 0 fully saturated rings. The van der Waals surface area contributed by atoms with Crippen LogP contribution in [-0.2, 0) is 9.47 Å². The van der Waals surface area contributed by atoms with Crippen LogP contribution in [0.25, 0.3) is 0 Å². The number of unbranched alkanes of at least 4 members (excludes halogenated alkanes) is 1. The van der Waals surface area contributed by atoms with Crippen LogP contribution in [0, 0.1) is 6.92 Å². The van der Waals surface area contributed by atoms with Gasteiger partial charge < -0.3 is 19.9 Å². The predicted octanol–water partition coefficient (Wildman–Crippen LogP) is 1.87. The summed E-state index contributed by atoms with van der Waals surface area (Å²) in [7, 11) is 1.64. The Morgan fingerprint density at radius 3 is 2.80 bits per heavy atom. The minimum atomic E-state index is -0.244. The molecule has 0 unspecified atom stereocenters. The summed E-state index contributed by atoms with van der Waals surface area (Å²) in [5, 5.41) is 12.4. The van der Waals surface area contributed by atoms with Crippen LogP contribution >= 0.6 is 0 Å². The number of rotatable bonds is 9. The first-order valence-corrected chi connectivity index (χ1v) is 6.79. The molecule has 0 saturated carbocycles. The molecule has 0 saturated heterocycles. The van der Waals surface area contributed by atoms with Crippen LogP contribution in [0.3, 0.4) is 0 Å². The second-order valence-corrected chi connectivity index (χ2v) is 4.59. The van der Waals surface area contributed by atoms with E-state index >= 15 is 0 Å². The Kier molecular flexibility index (Phi) is 7.69. The van der Waals surface area contributed by atoms with Crippen molar-refractivity contribution in [2.24, 2.45) is 0 Å². The Bertz CT molecular complexity index is 420. The summed E-state index contributed by atoms with van der Waals surface area (Å²) >= 11 is 0. The third kappa shape index (κ3) is 6.04. The van der Waals surface area contributed by atoms with Gasteiger partial charge in [0.1, 0.15) is 5.75 Å². The van der Waals surface area contributed by atoms with Gasteiger partial charge in [0.25, 0.3) is 5.91 Å². The first-order valence-electron chi connectivity index (χ1n) is 6.79. The fourth-order valence-corrected chi connectivity index (χ4v) is 1.70. The summed E-state index contributed by atoms with van der Waals surface area (Å²) in [5.41, 5.74) is 1.26. The highest BCUT2D eigenvalue weighted by molar-refractivity contribution is 5.96. The van der Waals surface area contributed by atoms with E-state index in [1.54, 1.807) is 19.2 Å². The highest BCUT2D eigenvalue weighted by atomic mass is 16.5. The summed E-state index contributed by atoms with van der Waals surface area (Å²) in [5.74, 6) is -0.234. The Morgan fingerprint density at radius 1 is 1.25 bits per heavy atom. The molecule has 1 aromatic carbocycles. The number of methoxy groups -OCH3 is 1. The summed E-state index contributed by atoms with van der Waals surface area (Å²) in [4.78, 5) is 11.9. The lowest BCUT2D eigenvalue weighted by atomic mass is 10.1. The van der Waals surface area contributed by atoms with Gasteiger partial charge in [-0.3, -0.25) is 4.79 Å². The molecule has 1 rings (SSSR count). The molecule has 0 aromatic heterocycles. The number of hydrogen-bond acceptors (Lipinski definition) is 4. The Balaban J connectivity index is 2.18. The molecule has 0 aliphatic carbocycles. The second-order valence-electron chi connectivity index (χ2n) is 4.59. The van der Waals surface area contributed by atoms with Crippen molar-refractivity contribution < 1.29 is 19.4 Å². The van der Waals surface area contributed by atoms with Gasteiger partial charge in [-0.2, -0.15) is 0 Å². The highest BCUT2D eigenvalue weighted by Crippen LogP contribution is 2.17. The van der Waals surface area contributed by atoms with Crippen LogP contribution in [0.2, 0.25) is 0 Å². The van der Waals surface area contributed by atoms with Crippen LogP contribution in [0.1, 0.15) is 28.8 Å². The molecule has 0 aliphatic heterocycles. The fourth-order valence-electron chi connectivity index (χ4n) is 1.70. The lowest BCUT2D eigenvalue weighted by Gasteiger charge is -2.08. The molecule has 0 bridgehead atoms. The van der Waals surface area contributed by atoms with Crippen molar-refractivity contribution in [2.45, 2.75) is 19.8 Å². The fraction of sp³-hybridized carbons (Fsp3) is 0.533. The van der Waals surface area contributed by atoms with Gasteiger partial charge in [-0.15, -0.1) is 0 Å². The van der Waals surface area contributed by atoms with Crippen LogP contribution in [-0.4, -0.2) is 44.5 Å². The minimum Gasteiger partial charge on any atom is -0.507 e. The number of carbonyl (C=O) groups excluding carboxylic acids is 1. The maximum absolute atomic E-state index is 11.9. The van der Waals surface area contributed by atoms with Crippen molar-refractivity contribution in [3.63, 3.8) is 0 Å². The Labute approximate surface area is 119 Å². The van der Waals surface area contributed by atoms with Gasteiger partial charge in [-0.1, -0.05) is 11.6 Å². The van der Waals surface area contributed by atoms with Crippen molar-refractivity contribution >= 4 is 5.91 Å². The number of amides is 1. The van der Waals surface area contributed by atoms with Gasteiger partial charge in [0.05, 0.1) is 18.8 Å². The molecule has 1 amide bonds. The zero-order chi connectivity index (χ0) is 14.8. The standard InChI is InChI=1S/C15H23NO4/c1-12-5-6-14(17)13(11-12)15(18)16-7-3-4-8-20-10-9-19-2/h5-6,11,17H,3-4,7-10H2,1-2H3,(H,16,18). The number of phenolic OH excluding ortho intramolecular Hbond substituents is 1. The summed E-state index contributed by atoms with van der Waals surface area (Å²) < 4.78 is 10.2. The van der Waals surface area contributed by atoms with Crippen molar-refractivity contribution in [1.82, 2.24) is 5.32 Å². The summed E-state index contributed by atoms with van der Waals surface area (Å²) in [6, 6.07) is 4.98. The first kappa shape index (κ1) is 16.5. The van der Waals surface area contributed by atoms with Crippen molar-refractivity contribution in [2.75, 3.05) is 33.5 Å². The number of phenols is 1. The molecule has 0 radical (unpaired) electrons. The van der Waals surface area contributed by atoms with E-state index in [9.17, 15) is 9.90 Å². The molecule has 2 N–H and O–H groups in total. The van der Waals surface area contributed by atoms with E-state index in [4.69, 9.17) is 9.47 Å². The van der Waals surface area contributed by atoms with E-state index in [1.165, 1.54) is 6.07 Å². The van der Waals surface area contributed by atoms with Gasteiger partial charge in [-0.25, -0.2) is 0 Å². The van der Waals surface area contributed by atoms with Gasteiger partial charge in [0.2, 0.25) is 0 Å². The van der Waals surface area contributed by atoms with Crippen molar-refractivity contribution in [3.05, 3.63) is 29.3 Å². The first-order chi connectivity index (χ1) is 9.65. The summed E-state index contributed by atoms with van der Waals surface area (Å²) in [6.07, 6.45) is 1.72. The molecular weight excluding hydrogens is 258 g/mol. The number of ether oxygens (including phenoxy) is 2. The zero-order valence-corrected chi connectivity index (χ0v) is 12.1. The molecule has 20 heavy (non-hydrogen) atoms. The molecule has 112 valence electrons. The second kappa shape index (κ2) is 9.34. The average Bonchev–Trinajstić information content (AvgIpc) is 2.44. The van der Waals surface area contributed by atoms with E-state index in [0.717, 1.165) is 18.4 Å². The lowest BCUT2D eigenvalue weighted by Crippen LogP contribution is -2.24. The molecule has 5 nitrogen and oxygen atoms in total. The normalized spacial score (nSPS) is 10.5. The molecule has 0 spiro atoms. The van der Waals surface area contributed by atoms with E-state index in [0.29, 0.717) is 31.9 Å². The molecule has 5 heteroatoms. The Morgan fingerprint density at radius 2 is 2.05 bits per heavy atom. The molecule has 0 aliphatic rings. The van der Waals surface area contributed by atoms with E-state index in [2.05, 4.69) is 5.32 Å². The lowest BCUT2D eigenvalue weighted by molar-refractivity contribution is 0.0686. The number of benzene rings is 1. The molecule has 0 heterocycles. The van der Waals surface area contributed by atoms with Crippen molar-refractivity contribution in [3.8, 4) is 5.75 Å². The number of aromatic hydroxyl groups is 1. The van der Waals surface area contributed by atoms with Crippen LogP contribution in [0.4, 0.5) is 0 Å². The minimum absolute atomic E-state index is 0.0102. The third-order valence-corrected chi connectivity index (χ3v) is 2.83. The molecule has 0 atom stereocenters. The monoisotopic (exact) mass is 281 g/mol. The maximum atomic E-state index is 11.9. The van der Waals surface area contributed by atoms with E-state index < -0.39 is 0 Å². The van der Waals surface area contributed by atoms with Gasteiger partial charge in [0, 0.05) is 20.3 Å². The number of hydrogen-bond donors (Lipinski definition) is 2. The Hall–Kier alpha value is -1.59. The maximum Gasteiger partial charge on any atom is 0.255 e. The average molecular weight is 281 g/mol. The van der Waals surface area contributed by atoms with Crippen LogP contribution in [0.5, 0.6) is 5.75 Å². The topological polar surface area (TPSA) is 67.8 Å². The van der Waals surface area contributed by atoms with Gasteiger partial charge in [-0.05, 0) is 31.9 Å². The van der Waals surface area contributed by atoms with Crippen LogP contribution < -0.4 is 5.32 Å². The van der Waals surface area contributed by atoms with Gasteiger partial charge >= 0.3 is 0 Å². The number of carbonyl (C=O) groups is 1. The van der Waals surface area contributed by atoms with E-state index in [-0.39, 0.29) is 11.7 Å². The van der Waals surface area contributed by atoms with E-state index in [1.807, 2.05) is 6.92 Å². The quantitative estimate of drug-likeness (QED) is 0.678. The highest BCUT2D eigenvalue weighted by Gasteiger charge is 2.10. The molecule has 1 aromatic rings. The van der Waals surface area contributed by atoms with Gasteiger partial charge in [0.15, 0.2) is 0 Å². The number of aryl methyl sites for hydroxylation is 1. The SMILES string of the molecule is COCCOCCCCNC(=O)c1cc(C)ccc1O. The third-order valence-electron chi connectivity index (χ3n) is 2.83. The smallest absolute Gasteiger partial charge is 0.255 e. The van der Waals surface area contributed by atoms with Crippen LogP contribution in [0.15, 0.2) is 18.2 Å². The molecular formula is C15H23NO4. The number of nitrogens with one attached hydrogen (secondary N) is 1. The van der Waals surface area contributed by atoms with Crippen molar-refractivity contribution in [1.29, 1.82) is 0 Å². The zero-order valence-electron chi connectivity index (χ0n) is 12.1. The largest absolute Gasteiger partial charge is 0.507 e. The predicted molar refractivity (Wildman–Crippen MR) is 77.1 cm³/mol.